The number of nitrogens with one attached hydrogen (secondary N) is 1. The normalized spacial score (nSPS) is 16.7. The molecule has 1 aromatic heterocycles. The molecule has 1 aliphatic rings. The molecule has 3 rings (SSSR count). The quantitative estimate of drug-likeness (QED) is 0.902. The molecule has 0 aliphatic carbocycles. The lowest BCUT2D eigenvalue weighted by molar-refractivity contribution is -0.137. The lowest BCUT2D eigenvalue weighted by Gasteiger charge is -2.18. The number of hydrogen-bond acceptors (Lipinski definition) is 5. The lowest BCUT2D eigenvalue weighted by Crippen LogP contribution is -2.29. The molecule has 2 heterocycles. The number of amides is 1. The Morgan fingerprint density at radius 2 is 1.92 bits per heavy atom. The van der Waals surface area contributed by atoms with E-state index in [2.05, 4.69) is 20.8 Å². The van der Waals surface area contributed by atoms with Gasteiger partial charge in [0, 0.05) is 26.1 Å². The van der Waals surface area contributed by atoms with E-state index < -0.39 is 11.7 Å². The van der Waals surface area contributed by atoms with E-state index in [1.54, 1.807) is 0 Å². The Morgan fingerprint density at radius 3 is 2.62 bits per heavy atom. The Morgan fingerprint density at radius 1 is 1.17 bits per heavy atom. The zero-order valence-electron chi connectivity index (χ0n) is 12.6. The fraction of sp³-hybridized carbons (Fsp3) is 0.429. The molecule has 24 heavy (non-hydrogen) atoms. The predicted molar refractivity (Wildman–Crippen MR) is 77.1 cm³/mol. The van der Waals surface area contributed by atoms with E-state index in [1.165, 1.54) is 16.8 Å². The molecule has 1 aliphatic heterocycles. The summed E-state index contributed by atoms with van der Waals surface area (Å²) in [5.74, 6) is 0.504. The van der Waals surface area contributed by atoms with Crippen molar-refractivity contribution in [2.75, 3.05) is 19.6 Å². The van der Waals surface area contributed by atoms with E-state index >= 15 is 0 Å². The molecule has 0 bridgehead atoms. The Kier molecular flexibility index (Phi) is 4.47. The van der Waals surface area contributed by atoms with Gasteiger partial charge in [-0.2, -0.15) is 17.9 Å². The Hall–Kier alpha value is -2.49. The second-order valence-corrected chi connectivity index (χ2v) is 5.43. The van der Waals surface area contributed by atoms with Gasteiger partial charge in [0.2, 0.25) is 5.91 Å². The van der Waals surface area contributed by atoms with Gasteiger partial charge >= 0.3 is 6.18 Å². The number of benzene rings is 1. The third kappa shape index (κ3) is 3.70. The van der Waals surface area contributed by atoms with E-state index in [4.69, 9.17) is 0 Å². The van der Waals surface area contributed by atoms with Crippen LogP contribution < -0.4 is 5.32 Å². The number of hydrogen-bond donors (Lipinski definition) is 1. The van der Waals surface area contributed by atoms with E-state index in [9.17, 15) is 18.0 Å². The summed E-state index contributed by atoms with van der Waals surface area (Å²) < 4.78 is 39.3. The highest BCUT2D eigenvalue weighted by atomic mass is 19.4. The minimum absolute atomic E-state index is 0.000156. The van der Waals surface area contributed by atoms with Gasteiger partial charge in [-0.05, 0) is 34.7 Å². The molecule has 2 aromatic rings. The third-order valence-electron chi connectivity index (χ3n) is 3.74. The number of halogens is 3. The number of alkyl halides is 3. The van der Waals surface area contributed by atoms with Gasteiger partial charge in [0.1, 0.15) is 0 Å². The molecular formula is C14H15F3N6O. The summed E-state index contributed by atoms with van der Waals surface area (Å²) in [7, 11) is 0. The van der Waals surface area contributed by atoms with Crippen LogP contribution in [0.3, 0.4) is 0 Å². The molecule has 0 spiro atoms. The first-order chi connectivity index (χ1) is 11.4. The summed E-state index contributed by atoms with van der Waals surface area (Å²) in [6, 6.07) is 4.65. The molecule has 0 unspecified atom stereocenters. The lowest BCUT2D eigenvalue weighted by atomic mass is 10.2. The summed E-state index contributed by atoms with van der Waals surface area (Å²) in [4.78, 5) is 13.4. The van der Waals surface area contributed by atoms with Gasteiger partial charge in [0.05, 0.1) is 17.8 Å². The molecule has 128 valence electrons. The van der Waals surface area contributed by atoms with Crippen molar-refractivity contribution in [1.29, 1.82) is 0 Å². The molecule has 10 heteroatoms. The van der Waals surface area contributed by atoms with Gasteiger partial charge in [-0.3, -0.25) is 9.69 Å². The number of carbonyl (C=O) groups is 1. The standard InChI is InChI=1S/C14H15F3N6O/c15-14(16,17)10-1-3-11(4-2-10)23-12(19-20-21-23)9-22-7-5-13(24)18-6-8-22/h1-4H,5-9H2,(H,18,24). The van der Waals surface area contributed by atoms with Gasteiger partial charge < -0.3 is 5.32 Å². The Bertz CT molecular complexity index is 712. The summed E-state index contributed by atoms with van der Waals surface area (Å²) in [5, 5.41) is 14.2. The van der Waals surface area contributed by atoms with Gasteiger partial charge in [-0.1, -0.05) is 0 Å². The summed E-state index contributed by atoms with van der Waals surface area (Å²) in [5.41, 5.74) is -0.273. The third-order valence-corrected chi connectivity index (χ3v) is 3.74. The molecule has 0 atom stereocenters. The van der Waals surface area contributed by atoms with Crippen LogP contribution in [0.25, 0.3) is 5.69 Å². The average Bonchev–Trinajstić information content (AvgIpc) is 2.90. The first-order valence-corrected chi connectivity index (χ1v) is 7.37. The monoisotopic (exact) mass is 340 g/mol. The summed E-state index contributed by atoms with van der Waals surface area (Å²) in [6.45, 7) is 2.18. The van der Waals surface area contributed by atoms with Crippen LogP contribution in [0.4, 0.5) is 13.2 Å². The van der Waals surface area contributed by atoms with Gasteiger partial charge in [-0.15, -0.1) is 5.10 Å². The summed E-state index contributed by atoms with van der Waals surface area (Å²) in [6.07, 6.45) is -3.99. The SMILES string of the molecule is O=C1CCN(Cc2nnnn2-c2ccc(C(F)(F)F)cc2)CCN1. The van der Waals surface area contributed by atoms with Crippen LogP contribution in [0, 0.1) is 0 Å². The van der Waals surface area contributed by atoms with Crippen molar-refractivity contribution < 1.29 is 18.0 Å². The van der Waals surface area contributed by atoms with Crippen LogP contribution in [0.15, 0.2) is 24.3 Å². The van der Waals surface area contributed by atoms with Crippen LogP contribution in [0.5, 0.6) is 0 Å². The second kappa shape index (κ2) is 6.56. The average molecular weight is 340 g/mol. The Labute approximate surface area is 135 Å². The molecule has 0 radical (unpaired) electrons. The molecular weight excluding hydrogens is 325 g/mol. The zero-order valence-corrected chi connectivity index (χ0v) is 12.6. The van der Waals surface area contributed by atoms with Crippen LogP contribution >= 0.6 is 0 Å². The molecule has 0 saturated carbocycles. The molecule has 1 saturated heterocycles. The van der Waals surface area contributed by atoms with Crippen LogP contribution in [0.2, 0.25) is 0 Å². The topological polar surface area (TPSA) is 75.9 Å². The van der Waals surface area contributed by atoms with Crippen LogP contribution in [0.1, 0.15) is 17.8 Å². The summed E-state index contributed by atoms with van der Waals surface area (Å²) >= 11 is 0. The first kappa shape index (κ1) is 16.4. The largest absolute Gasteiger partial charge is 0.416 e. The van der Waals surface area contributed by atoms with Crippen molar-refractivity contribution in [2.45, 2.75) is 19.1 Å². The predicted octanol–water partition coefficient (Wildman–Crippen LogP) is 1.00. The molecule has 1 fully saturated rings. The molecule has 7 nitrogen and oxygen atoms in total. The number of rotatable bonds is 3. The van der Waals surface area contributed by atoms with Gasteiger partial charge in [0.15, 0.2) is 5.82 Å². The maximum absolute atomic E-state index is 12.6. The van der Waals surface area contributed by atoms with Crippen molar-refractivity contribution in [3.63, 3.8) is 0 Å². The minimum Gasteiger partial charge on any atom is -0.355 e. The van der Waals surface area contributed by atoms with E-state index in [1.807, 2.05) is 4.90 Å². The Balaban J connectivity index is 1.76. The maximum atomic E-state index is 12.6. The highest BCUT2D eigenvalue weighted by molar-refractivity contribution is 5.76. The van der Waals surface area contributed by atoms with Crippen molar-refractivity contribution in [3.8, 4) is 5.69 Å². The number of carbonyl (C=O) groups excluding carboxylic acids is 1. The van der Waals surface area contributed by atoms with Gasteiger partial charge in [0.25, 0.3) is 0 Å². The van der Waals surface area contributed by atoms with Crippen LogP contribution in [-0.4, -0.2) is 50.6 Å². The molecule has 1 aromatic carbocycles. The van der Waals surface area contributed by atoms with E-state index in [0.29, 0.717) is 44.1 Å². The number of nitrogens with zero attached hydrogens (tertiary/aromatic N) is 5. The van der Waals surface area contributed by atoms with Crippen molar-refractivity contribution in [2.24, 2.45) is 0 Å². The van der Waals surface area contributed by atoms with Crippen molar-refractivity contribution in [3.05, 3.63) is 35.7 Å². The van der Waals surface area contributed by atoms with Gasteiger partial charge in [-0.25, -0.2) is 0 Å². The zero-order chi connectivity index (χ0) is 17.2. The number of aromatic nitrogens is 4. The molecule has 1 N–H and O–H groups in total. The fourth-order valence-electron chi connectivity index (χ4n) is 2.47. The van der Waals surface area contributed by atoms with E-state index in [0.717, 1.165) is 12.1 Å². The van der Waals surface area contributed by atoms with Crippen LogP contribution in [-0.2, 0) is 17.5 Å². The highest BCUT2D eigenvalue weighted by Crippen LogP contribution is 2.29. The van der Waals surface area contributed by atoms with Crippen molar-refractivity contribution >= 4 is 5.91 Å². The van der Waals surface area contributed by atoms with E-state index in [-0.39, 0.29) is 5.91 Å². The maximum Gasteiger partial charge on any atom is 0.416 e. The number of tetrazole rings is 1. The van der Waals surface area contributed by atoms with Crippen molar-refractivity contribution in [1.82, 2.24) is 30.4 Å². The molecule has 1 amide bonds. The first-order valence-electron chi connectivity index (χ1n) is 7.37. The highest BCUT2D eigenvalue weighted by Gasteiger charge is 2.30. The fourth-order valence-corrected chi connectivity index (χ4v) is 2.47. The second-order valence-electron chi connectivity index (χ2n) is 5.43. The minimum atomic E-state index is -4.38. The smallest absolute Gasteiger partial charge is 0.355 e.